The van der Waals surface area contributed by atoms with E-state index in [2.05, 4.69) is 55.5 Å². The summed E-state index contributed by atoms with van der Waals surface area (Å²) in [4.78, 5) is 24.9. The summed E-state index contributed by atoms with van der Waals surface area (Å²) in [5, 5.41) is 71.3. The van der Waals surface area contributed by atoms with Crippen molar-refractivity contribution in [3.05, 3.63) is 48.6 Å². The van der Waals surface area contributed by atoms with Gasteiger partial charge in [0.15, 0.2) is 18.7 Å². The third kappa shape index (κ3) is 19.0. The Morgan fingerprint density at radius 1 is 0.600 bits per heavy atom. The molecule has 15 heteroatoms. The first kappa shape index (κ1) is 48.6. The van der Waals surface area contributed by atoms with Crippen LogP contribution in [0.1, 0.15) is 97.3 Å². The molecule has 2 fully saturated rings. The molecule has 2 rings (SSSR count). The van der Waals surface area contributed by atoms with Crippen LogP contribution in [-0.2, 0) is 38.0 Å². The van der Waals surface area contributed by atoms with Gasteiger partial charge in [0.2, 0.25) is 0 Å². The van der Waals surface area contributed by atoms with Gasteiger partial charge in [-0.3, -0.25) is 9.59 Å². The number of esters is 2. The molecule has 11 unspecified atom stereocenters. The maximum atomic E-state index is 12.7. The number of hydrogen-bond donors (Lipinski definition) is 7. The minimum absolute atomic E-state index is 0.134. The number of aliphatic hydroxyl groups excluding tert-OH is 7. The van der Waals surface area contributed by atoms with Crippen LogP contribution in [0.15, 0.2) is 48.6 Å². The molecule has 7 N–H and O–H groups in total. The Bertz CT molecular complexity index is 1160. The normalized spacial score (nSPS) is 29.5. The second-order valence-electron chi connectivity index (χ2n) is 13.7. The van der Waals surface area contributed by atoms with Crippen molar-refractivity contribution in [1.82, 2.24) is 0 Å². The molecule has 2 aliphatic rings. The van der Waals surface area contributed by atoms with Crippen molar-refractivity contribution >= 4 is 11.9 Å². The van der Waals surface area contributed by atoms with Gasteiger partial charge in [-0.2, -0.15) is 0 Å². The van der Waals surface area contributed by atoms with Gasteiger partial charge in [0.05, 0.1) is 19.8 Å². The first-order valence-corrected chi connectivity index (χ1v) is 19.7. The van der Waals surface area contributed by atoms with Crippen molar-refractivity contribution in [1.29, 1.82) is 0 Å². The van der Waals surface area contributed by atoms with Gasteiger partial charge in [0.25, 0.3) is 0 Å². The van der Waals surface area contributed by atoms with Gasteiger partial charge in [-0.1, -0.05) is 81.7 Å². The summed E-state index contributed by atoms with van der Waals surface area (Å²) >= 11 is 0. The zero-order valence-electron chi connectivity index (χ0n) is 32.4. The van der Waals surface area contributed by atoms with E-state index in [-0.39, 0.29) is 19.4 Å². The molecule has 2 saturated heterocycles. The van der Waals surface area contributed by atoms with Crippen LogP contribution < -0.4 is 0 Å². The maximum absolute atomic E-state index is 12.7. The molecular formula is C40H66O15. The van der Waals surface area contributed by atoms with Crippen molar-refractivity contribution in [3.63, 3.8) is 0 Å². The number of carbonyl (C=O) groups is 2. The molecule has 0 radical (unpaired) electrons. The van der Waals surface area contributed by atoms with E-state index in [9.17, 15) is 45.3 Å². The second-order valence-corrected chi connectivity index (χ2v) is 13.7. The van der Waals surface area contributed by atoms with E-state index in [1.807, 2.05) is 6.92 Å². The third-order valence-corrected chi connectivity index (χ3v) is 9.07. The molecule has 15 nitrogen and oxygen atoms in total. The Morgan fingerprint density at radius 2 is 1.15 bits per heavy atom. The Hall–Kier alpha value is -2.54. The largest absolute Gasteiger partial charge is 0.462 e. The quantitative estimate of drug-likeness (QED) is 0.0360. The monoisotopic (exact) mass is 786 g/mol. The highest BCUT2D eigenvalue weighted by Gasteiger charge is 2.47. The summed E-state index contributed by atoms with van der Waals surface area (Å²) in [5.74, 6) is -1.00. The molecule has 316 valence electrons. The summed E-state index contributed by atoms with van der Waals surface area (Å²) < 4.78 is 32.9. The molecule has 2 aliphatic heterocycles. The van der Waals surface area contributed by atoms with E-state index in [1.54, 1.807) is 0 Å². The van der Waals surface area contributed by atoms with E-state index < -0.39 is 99.3 Å². The second kappa shape index (κ2) is 28.8. The highest BCUT2D eigenvalue weighted by Crippen LogP contribution is 2.26. The molecule has 0 bridgehead atoms. The van der Waals surface area contributed by atoms with Crippen LogP contribution in [0, 0.1) is 0 Å². The fourth-order valence-electron chi connectivity index (χ4n) is 5.71. The average molecular weight is 787 g/mol. The van der Waals surface area contributed by atoms with Crippen LogP contribution >= 0.6 is 0 Å². The molecule has 0 aromatic rings. The predicted octanol–water partition coefficient (Wildman–Crippen LogP) is 2.42. The lowest BCUT2D eigenvalue weighted by molar-refractivity contribution is -0.332. The highest BCUT2D eigenvalue weighted by atomic mass is 16.7. The first-order chi connectivity index (χ1) is 26.5. The van der Waals surface area contributed by atoms with Crippen molar-refractivity contribution in [2.24, 2.45) is 0 Å². The van der Waals surface area contributed by atoms with E-state index >= 15 is 0 Å². The van der Waals surface area contributed by atoms with Crippen molar-refractivity contribution in [2.75, 3.05) is 26.4 Å². The molecule has 0 aliphatic carbocycles. The van der Waals surface area contributed by atoms with Gasteiger partial charge in [-0.25, -0.2) is 0 Å². The highest BCUT2D eigenvalue weighted by molar-refractivity contribution is 5.70. The molecule has 0 aromatic carbocycles. The van der Waals surface area contributed by atoms with Crippen molar-refractivity contribution < 1.29 is 73.8 Å². The van der Waals surface area contributed by atoms with Gasteiger partial charge in [-0.05, 0) is 51.4 Å². The van der Waals surface area contributed by atoms with Gasteiger partial charge in [0.1, 0.15) is 55.4 Å². The van der Waals surface area contributed by atoms with Crippen molar-refractivity contribution in [2.45, 2.75) is 165 Å². The topological polar surface area (TPSA) is 231 Å². The van der Waals surface area contributed by atoms with Crippen LogP contribution in [0.2, 0.25) is 0 Å². The molecule has 55 heavy (non-hydrogen) atoms. The molecule has 2 heterocycles. The number of aliphatic hydroxyl groups is 7. The van der Waals surface area contributed by atoms with Crippen LogP contribution in [0.3, 0.4) is 0 Å². The molecular weight excluding hydrogens is 720 g/mol. The smallest absolute Gasteiger partial charge is 0.306 e. The average Bonchev–Trinajstić information content (AvgIpc) is 3.18. The zero-order chi connectivity index (χ0) is 40.4. The lowest BCUT2D eigenvalue weighted by atomic mass is 9.98. The standard InChI is InChI=1S/C40H66O15/c1-3-5-7-8-9-10-11-12-13-14-15-16-17-18-19-20-21-23-32(43)53-28(25-50-31(42)22-6-4-2)26-51-39-38(49)36(47)34(45)30(55-39)27-52-40-37(48)35(46)33(44)29(24-41)54-40/h5,7,9-10,12-13,15-16,28-30,33-41,44-49H,3-4,6,8,11,14,17-27H2,1-2H3/b7-5-,10-9-,13-12-,16-15-. The summed E-state index contributed by atoms with van der Waals surface area (Å²) in [7, 11) is 0. The molecule has 0 spiro atoms. The molecule has 11 atom stereocenters. The number of unbranched alkanes of at least 4 members (excludes halogenated alkanes) is 5. The van der Waals surface area contributed by atoms with Crippen molar-refractivity contribution in [3.8, 4) is 0 Å². The molecule has 0 amide bonds. The Kier molecular flexibility index (Phi) is 25.4. The summed E-state index contributed by atoms with van der Waals surface area (Å²) in [6, 6.07) is 0. The fraction of sp³-hybridized carbons (Fsp3) is 0.750. The number of allylic oxidation sites excluding steroid dienone is 8. The molecule has 0 saturated carbocycles. The Morgan fingerprint density at radius 3 is 1.76 bits per heavy atom. The lowest BCUT2D eigenvalue weighted by Crippen LogP contribution is -2.61. The summed E-state index contributed by atoms with van der Waals surface area (Å²) in [6.07, 6.45) is 10.2. The van der Waals surface area contributed by atoms with Crippen LogP contribution in [-0.4, -0.2) is 142 Å². The zero-order valence-corrected chi connectivity index (χ0v) is 32.4. The lowest BCUT2D eigenvalue weighted by Gasteiger charge is -2.42. The van der Waals surface area contributed by atoms with Crippen LogP contribution in [0.4, 0.5) is 0 Å². The van der Waals surface area contributed by atoms with Gasteiger partial charge < -0.3 is 64.2 Å². The van der Waals surface area contributed by atoms with Crippen LogP contribution in [0.25, 0.3) is 0 Å². The van der Waals surface area contributed by atoms with E-state index in [4.69, 9.17) is 28.4 Å². The third-order valence-electron chi connectivity index (χ3n) is 9.07. The van der Waals surface area contributed by atoms with Crippen LogP contribution in [0.5, 0.6) is 0 Å². The Balaban J connectivity index is 1.81. The van der Waals surface area contributed by atoms with Gasteiger partial charge in [0, 0.05) is 12.8 Å². The molecule has 0 aromatic heterocycles. The number of hydrogen-bond acceptors (Lipinski definition) is 15. The van der Waals surface area contributed by atoms with E-state index in [1.165, 1.54) is 0 Å². The maximum Gasteiger partial charge on any atom is 0.306 e. The number of ether oxygens (including phenoxy) is 6. The minimum atomic E-state index is -1.77. The summed E-state index contributed by atoms with van der Waals surface area (Å²) in [6.45, 7) is 2.12. The SMILES string of the molecule is CC/C=C\C/C=C\C/C=C\C/C=C\CCCCCCC(=O)OC(COC(=O)CCCC)COC1OC(COC2OC(CO)C(O)C(O)C2O)C(O)C(O)C1O. The van der Waals surface area contributed by atoms with Gasteiger partial charge in [-0.15, -0.1) is 0 Å². The summed E-state index contributed by atoms with van der Waals surface area (Å²) in [5.41, 5.74) is 0. The number of carbonyl (C=O) groups excluding carboxylic acids is 2. The fourth-order valence-corrected chi connectivity index (χ4v) is 5.71. The minimum Gasteiger partial charge on any atom is -0.462 e. The van der Waals surface area contributed by atoms with Gasteiger partial charge >= 0.3 is 11.9 Å². The predicted molar refractivity (Wildman–Crippen MR) is 201 cm³/mol. The first-order valence-electron chi connectivity index (χ1n) is 19.7. The Labute approximate surface area is 325 Å². The van der Waals surface area contributed by atoms with E-state index in [0.29, 0.717) is 12.8 Å². The number of rotatable bonds is 27. The van der Waals surface area contributed by atoms with E-state index in [0.717, 1.165) is 57.8 Å².